The second kappa shape index (κ2) is 3.18. The van der Waals surface area contributed by atoms with Gasteiger partial charge < -0.3 is 0 Å². The van der Waals surface area contributed by atoms with Crippen molar-refractivity contribution >= 4 is 7.85 Å². The van der Waals surface area contributed by atoms with Crippen LogP contribution in [-0.4, -0.2) is 30.9 Å². The minimum atomic E-state index is 0.306. The van der Waals surface area contributed by atoms with E-state index in [9.17, 15) is 0 Å². The third-order valence-electron chi connectivity index (χ3n) is 2.51. The van der Waals surface area contributed by atoms with E-state index >= 15 is 0 Å². The Kier molecular flexibility index (Phi) is 2.63. The van der Waals surface area contributed by atoms with Crippen molar-refractivity contribution in [2.75, 3.05) is 6.54 Å². The van der Waals surface area contributed by atoms with Gasteiger partial charge in [0.05, 0.1) is 7.85 Å². The van der Waals surface area contributed by atoms with E-state index in [0.717, 1.165) is 6.32 Å². The molecule has 1 saturated heterocycles. The van der Waals surface area contributed by atoms with Gasteiger partial charge in [0.15, 0.2) is 0 Å². The van der Waals surface area contributed by atoms with Crippen LogP contribution in [0.1, 0.15) is 33.6 Å². The molecule has 2 heteroatoms. The van der Waals surface area contributed by atoms with Crippen molar-refractivity contribution in [3.05, 3.63) is 0 Å². The SMILES string of the molecule is [B]CC1CCCN1C(C)(C)C. The van der Waals surface area contributed by atoms with E-state index < -0.39 is 0 Å². The largest absolute Gasteiger partial charge is 0.296 e. The predicted octanol–water partition coefficient (Wildman–Crippen LogP) is 1.84. The molecule has 0 bridgehead atoms. The molecule has 0 aliphatic carbocycles. The first-order valence-electron chi connectivity index (χ1n) is 4.52. The molecule has 0 spiro atoms. The highest BCUT2D eigenvalue weighted by molar-refractivity contribution is 6.08. The summed E-state index contributed by atoms with van der Waals surface area (Å²) in [4.78, 5) is 2.52. The van der Waals surface area contributed by atoms with Crippen LogP contribution in [0.4, 0.5) is 0 Å². The van der Waals surface area contributed by atoms with Crippen molar-refractivity contribution in [1.29, 1.82) is 0 Å². The van der Waals surface area contributed by atoms with E-state index in [1.165, 1.54) is 19.4 Å². The predicted molar refractivity (Wildman–Crippen MR) is 50.0 cm³/mol. The zero-order valence-corrected chi connectivity index (χ0v) is 7.93. The zero-order valence-electron chi connectivity index (χ0n) is 7.93. The molecule has 1 aliphatic rings. The quantitative estimate of drug-likeness (QED) is 0.517. The molecular weight excluding hydrogens is 133 g/mol. The van der Waals surface area contributed by atoms with E-state index in [1.54, 1.807) is 0 Å². The van der Waals surface area contributed by atoms with Crippen molar-refractivity contribution in [2.45, 2.75) is 51.5 Å². The third kappa shape index (κ3) is 1.99. The first kappa shape index (κ1) is 9.12. The van der Waals surface area contributed by atoms with E-state index in [1.807, 2.05) is 0 Å². The molecular formula is C9H18BN. The normalized spacial score (nSPS) is 27.7. The van der Waals surface area contributed by atoms with Crippen molar-refractivity contribution in [1.82, 2.24) is 4.90 Å². The van der Waals surface area contributed by atoms with Crippen LogP contribution < -0.4 is 0 Å². The Morgan fingerprint density at radius 1 is 1.45 bits per heavy atom. The molecule has 1 rings (SSSR count). The number of hydrogen-bond acceptors (Lipinski definition) is 1. The van der Waals surface area contributed by atoms with Gasteiger partial charge in [-0.25, -0.2) is 0 Å². The molecule has 0 aromatic carbocycles. The number of rotatable bonds is 1. The van der Waals surface area contributed by atoms with Crippen LogP contribution in [0.2, 0.25) is 6.32 Å². The Hall–Kier alpha value is 0.0249. The summed E-state index contributed by atoms with van der Waals surface area (Å²) in [7, 11) is 5.68. The highest BCUT2D eigenvalue weighted by Crippen LogP contribution is 2.27. The Morgan fingerprint density at radius 2 is 2.09 bits per heavy atom. The maximum atomic E-state index is 5.68. The summed E-state index contributed by atoms with van der Waals surface area (Å²) in [6.45, 7) is 8.02. The van der Waals surface area contributed by atoms with Crippen LogP contribution >= 0.6 is 0 Å². The summed E-state index contributed by atoms with van der Waals surface area (Å²) in [6, 6.07) is 0.634. The Morgan fingerprint density at radius 3 is 2.45 bits per heavy atom. The van der Waals surface area contributed by atoms with Gasteiger partial charge in [0, 0.05) is 11.6 Å². The van der Waals surface area contributed by atoms with Gasteiger partial charge in [-0.2, -0.15) is 0 Å². The summed E-state index contributed by atoms with van der Waals surface area (Å²) < 4.78 is 0. The Labute approximate surface area is 71.6 Å². The summed E-state index contributed by atoms with van der Waals surface area (Å²) in [5.41, 5.74) is 0.306. The average molecular weight is 151 g/mol. The Balaban J connectivity index is 2.57. The smallest absolute Gasteiger partial charge is 0.0674 e. The number of hydrogen-bond donors (Lipinski definition) is 0. The van der Waals surface area contributed by atoms with Crippen molar-refractivity contribution in [3.63, 3.8) is 0 Å². The molecule has 0 saturated carbocycles. The molecule has 0 amide bonds. The standard InChI is InChI=1S/C9H18BN/c1-9(2,3)11-6-4-5-8(11)7-10/h8H,4-7H2,1-3H3. The van der Waals surface area contributed by atoms with Crippen molar-refractivity contribution in [3.8, 4) is 0 Å². The van der Waals surface area contributed by atoms with Gasteiger partial charge in [-0.3, -0.25) is 4.90 Å². The summed E-state index contributed by atoms with van der Waals surface area (Å²) in [6.07, 6.45) is 3.42. The molecule has 1 fully saturated rings. The molecule has 62 valence electrons. The number of likely N-dealkylation sites (tertiary alicyclic amines) is 1. The number of nitrogens with zero attached hydrogens (tertiary/aromatic N) is 1. The van der Waals surface area contributed by atoms with Gasteiger partial charge in [0.2, 0.25) is 0 Å². The summed E-state index contributed by atoms with van der Waals surface area (Å²) in [5.74, 6) is 0. The fourth-order valence-corrected chi connectivity index (χ4v) is 1.96. The molecule has 0 N–H and O–H groups in total. The van der Waals surface area contributed by atoms with Crippen LogP contribution in [0.15, 0.2) is 0 Å². The minimum Gasteiger partial charge on any atom is -0.296 e. The van der Waals surface area contributed by atoms with Crippen LogP contribution in [-0.2, 0) is 0 Å². The van der Waals surface area contributed by atoms with Gasteiger partial charge in [0.1, 0.15) is 0 Å². The van der Waals surface area contributed by atoms with Gasteiger partial charge >= 0.3 is 0 Å². The second-order valence-corrected chi connectivity index (χ2v) is 4.40. The highest BCUT2D eigenvalue weighted by Gasteiger charge is 2.30. The molecule has 1 atom stereocenters. The molecule has 11 heavy (non-hydrogen) atoms. The Bertz CT molecular complexity index is 128. The first-order valence-corrected chi connectivity index (χ1v) is 4.52. The van der Waals surface area contributed by atoms with Gasteiger partial charge in [0.25, 0.3) is 0 Å². The van der Waals surface area contributed by atoms with Crippen molar-refractivity contribution in [2.24, 2.45) is 0 Å². The molecule has 1 aliphatic heterocycles. The second-order valence-electron chi connectivity index (χ2n) is 4.40. The molecule has 0 aromatic rings. The van der Waals surface area contributed by atoms with Crippen LogP contribution in [0, 0.1) is 0 Å². The summed E-state index contributed by atoms with van der Waals surface area (Å²) >= 11 is 0. The molecule has 1 unspecified atom stereocenters. The molecule has 1 heterocycles. The third-order valence-corrected chi connectivity index (χ3v) is 2.51. The first-order chi connectivity index (χ1) is 5.05. The van der Waals surface area contributed by atoms with E-state index in [4.69, 9.17) is 7.85 Å². The van der Waals surface area contributed by atoms with Gasteiger partial charge in [-0.15, -0.1) is 0 Å². The monoisotopic (exact) mass is 151 g/mol. The van der Waals surface area contributed by atoms with Crippen LogP contribution in [0.5, 0.6) is 0 Å². The van der Waals surface area contributed by atoms with Gasteiger partial charge in [-0.1, -0.05) is 6.32 Å². The van der Waals surface area contributed by atoms with Crippen LogP contribution in [0.25, 0.3) is 0 Å². The lowest BCUT2D eigenvalue weighted by Crippen LogP contribution is -2.44. The van der Waals surface area contributed by atoms with E-state index in [2.05, 4.69) is 25.7 Å². The van der Waals surface area contributed by atoms with E-state index in [-0.39, 0.29) is 0 Å². The lowest BCUT2D eigenvalue weighted by Gasteiger charge is -2.36. The fraction of sp³-hybridized carbons (Fsp3) is 1.00. The lowest BCUT2D eigenvalue weighted by atomic mass is 9.93. The van der Waals surface area contributed by atoms with E-state index in [0.29, 0.717) is 11.6 Å². The minimum absolute atomic E-state index is 0.306. The van der Waals surface area contributed by atoms with Gasteiger partial charge in [-0.05, 0) is 40.2 Å². The topological polar surface area (TPSA) is 3.24 Å². The highest BCUT2D eigenvalue weighted by atomic mass is 15.2. The summed E-state index contributed by atoms with van der Waals surface area (Å²) in [5, 5.41) is 0. The fourth-order valence-electron chi connectivity index (χ4n) is 1.96. The van der Waals surface area contributed by atoms with Crippen LogP contribution in [0.3, 0.4) is 0 Å². The maximum absolute atomic E-state index is 5.68. The maximum Gasteiger partial charge on any atom is 0.0674 e. The molecule has 2 radical (unpaired) electrons. The molecule has 1 nitrogen and oxygen atoms in total. The van der Waals surface area contributed by atoms with Crippen molar-refractivity contribution < 1.29 is 0 Å². The zero-order chi connectivity index (χ0) is 8.48. The molecule has 0 aromatic heterocycles. The average Bonchev–Trinajstić information content (AvgIpc) is 2.31. The lowest BCUT2D eigenvalue weighted by molar-refractivity contribution is 0.131.